The van der Waals surface area contributed by atoms with E-state index >= 15 is 0 Å². The van der Waals surface area contributed by atoms with Crippen molar-refractivity contribution in [1.29, 1.82) is 5.26 Å². The quantitative estimate of drug-likeness (QED) is 0.271. The lowest BCUT2D eigenvalue weighted by molar-refractivity contribution is -0.149. The Morgan fingerprint density at radius 2 is 2.09 bits per heavy atom. The summed E-state index contributed by atoms with van der Waals surface area (Å²) in [5, 5.41) is 9.49. The van der Waals surface area contributed by atoms with Crippen molar-refractivity contribution in [1.82, 2.24) is 0 Å². The normalized spacial score (nSPS) is 13.4. The highest BCUT2D eigenvalue weighted by atomic mass is 35.5. The highest BCUT2D eigenvalue weighted by Crippen LogP contribution is 2.28. The summed E-state index contributed by atoms with van der Waals surface area (Å²) in [7, 11) is 0. The van der Waals surface area contributed by atoms with Crippen molar-refractivity contribution >= 4 is 17.6 Å². The summed E-state index contributed by atoms with van der Waals surface area (Å²) in [6, 6.07) is 12.4. The molecule has 0 bridgehead atoms. The molecule has 0 amide bonds. The van der Waals surface area contributed by atoms with E-state index in [2.05, 4.69) is 18.2 Å². The molecule has 1 aromatic carbocycles. The summed E-state index contributed by atoms with van der Waals surface area (Å²) in [6.07, 6.45) is 7.37. The molecule has 0 unspecified atom stereocenters. The Hall–Kier alpha value is -1.79. The molecule has 0 fully saturated rings. The second-order valence-electron chi connectivity index (χ2n) is 5.38. The van der Waals surface area contributed by atoms with Crippen LogP contribution < -0.4 is 0 Å². The molecule has 1 atom stereocenters. The summed E-state index contributed by atoms with van der Waals surface area (Å²) in [5.74, 6) is -0.0584. The zero-order chi connectivity index (χ0) is 17.0. The van der Waals surface area contributed by atoms with E-state index < -0.39 is 11.4 Å². The minimum atomic E-state index is -1.21. The Kier molecular flexibility index (Phi) is 9.09. The van der Waals surface area contributed by atoms with Gasteiger partial charge in [-0.2, -0.15) is 5.26 Å². The highest BCUT2D eigenvalue weighted by Gasteiger charge is 2.37. The molecule has 0 saturated carbocycles. The molecule has 0 spiro atoms. The molecule has 124 valence electrons. The van der Waals surface area contributed by atoms with Crippen molar-refractivity contribution in [3.63, 3.8) is 0 Å². The Balaban J connectivity index is 2.61. The molecule has 0 aliphatic carbocycles. The van der Waals surface area contributed by atoms with Crippen LogP contribution in [0.5, 0.6) is 0 Å². The highest BCUT2D eigenvalue weighted by molar-refractivity contribution is 6.17. The van der Waals surface area contributed by atoms with Crippen LogP contribution >= 0.6 is 11.6 Å². The number of nitrogens with zero attached hydrogens (tertiary/aromatic N) is 1. The molecule has 23 heavy (non-hydrogen) atoms. The van der Waals surface area contributed by atoms with Crippen LogP contribution in [0.1, 0.15) is 38.2 Å². The van der Waals surface area contributed by atoms with Gasteiger partial charge in [-0.25, -0.2) is 4.79 Å². The number of hydrogen-bond acceptors (Lipinski definition) is 3. The Bertz CT molecular complexity index is 536. The number of carbonyl (C=O) groups is 1. The van der Waals surface area contributed by atoms with E-state index in [0.29, 0.717) is 18.7 Å². The lowest BCUT2D eigenvalue weighted by atomic mass is 9.84. The average molecular weight is 334 g/mol. The van der Waals surface area contributed by atoms with Crippen LogP contribution in [0.3, 0.4) is 0 Å². The summed E-state index contributed by atoms with van der Waals surface area (Å²) in [4.78, 5) is 12.1. The first-order valence-corrected chi connectivity index (χ1v) is 8.58. The lowest BCUT2D eigenvalue weighted by Gasteiger charge is -2.20. The van der Waals surface area contributed by atoms with E-state index in [1.807, 2.05) is 24.3 Å². The predicted octanol–water partition coefficient (Wildman–Crippen LogP) is 4.66. The van der Waals surface area contributed by atoms with Crippen molar-refractivity contribution in [2.45, 2.75) is 39.0 Å². The van der Waals surface area contributed by atoms with Crippen LogP contribution in [0.25, 0.3) is 0 Å². The molecule has 0 saturated heterocycles. The van der Waals surface area contributed by atoms with Crippen LogP contribution in [-0.2, 0) is 16.0 Å². The number of alkyl halides is 1. The maximum Gasteiger partial charge on any atom is 0.330 e. The third-order valence-electron chi connectivity index (χ3n) is 3.63. The number of esters is 1. The number of rotatable bonds is 10. The third-order valence-corrected chi connectivity index (χ3v) is 3.89. The van der Waals surface area contributed by atoms with Crippen molar-refractivity contribution in [3.8, 4) is 6.07 Å². The fraction of sp³-hybridized carbons (Fsp3) is 0.474. The minimum Gasteiger partial charge on any atom is -0.465 e. The number of unbranched alkanes of at least 4 members (excludes halogenated alkanes) is 1. The number of halogens is 1. The van der Waals surface area contributed by atoms with Crippen LogP contribution in [-0.4, -0.2) is 18.5 Å². The van der Waals surface area contributed by atoms with Gasteiger partial charge < -0.3 is 4.74 Å². The maximum absolute atomic E-state index is 12.1. The number of hydrogen-bond donors (Lipinski definition) is 0. The molecular weight excluding hydrogens is 310 g/mol. The van der Waals surface area contributed by atoms with Gasteiger partial charge in [0.15, 0.2) is 5.41 Å². The first-order chi connectivity index (χ1) is 11.2. The van der Waals surface area contributed by atoms with E-state index in [1.54, 1.807) is 13.0 Å². The molecule has 1 rings (SSSR count). The topological polar surface area (TPSA) is 50.1 Å². The third kappa shape index (κ3) is 6.46. The van der Waals surface area contributed by atoms with Gasteiger partial charge >= 0.3 is 5.97 Å². The van der Waals surface area contributed by atoms with Crippen molar-refractivity contribution in [2.75, 3.05) is 12.5 Å². The maximum atomic E-state index is 12.1. The summed E-state index contributed by atoms with van der Waals surface area (Å²) in [5.41, 5.74) is 0.0810. The van der Waals surface area contributed by atoms with Gasteiger partial charge in [0.1, 0.15) is 0 Å². The van der Waals surface area contributed by atoms with Gasteiger partial charge in [0.05, 0.1) is 12.7 Å². The van der Waals surface area contributed by atoms with E-state index in [9.17, 15) is 10.1 Å². The fourth-order valence-electron chi connectivity index (χ4n) is 2.35. The molecule has 4 heteroatoms. The molecular formula is C19H24ClNO2. The Morgan fingerprint density at radius 3 is 2.70 bits per heavy atom. The molecule has 0 aromatic heterocycles. The molecule has 0 heterocycles. The zero-order valence-corrected chi connectivity index (χ0v) is 14.4. The number of benzene rings is 1. The number of carbonyl (C=O) groups excluding carboxylic acids is 1. The molecule has 0 N–H and O–H groups in total. The van der Waals surface area contributed by atoms with Gasteiger partial charge in [0.2, 0.25) is 0 Å². The van der Waals surface area contributed by atoms with Gasteiger partial charge in [0, 0.05) is 5.88 Å². The fourth-order valence-corrected chi connectivity index (χ4v) is 2.48. The summed E-state index contributed by atoms with van der Waals surface area (Å²) in [6.45, 7) is 2.01. The van der Waals surface area contributed by atoms with Crippen LogP contribution in [0, 0.1) is 16.7 Å². The van der Waals surface area contributed by atoms with E-state index in [4.69, 9.17) is 16.3 Å². The van der Waals surface area contributed by atoms with Crippen molar-refractivity contribution < 1.29 is 9.53 Å². The molecule has 0 aliphatic rings. The SMILES string of the molecule is CCOC(=O)[C@](C#N)(/C=C/CCCc1ccccc1)CCCCl. The standard InChI is InChI=1S/C19H24ClNO2/c1-2-23-18(22)19(16-21,14-9-15-20)13-8-4-7-12-17-10-5-3-6-11-17/h3,5-6,8,10-11,13H,2,4,7,9,12,14-15H2,1H3/b13-8+/t19-/m1/s1. The van der Waals surface area contributed by atoms with Crippen molar-refractivity contribution in [3.05, 3.63) is 48.0 Å². The first-order valence-electron chi connectivity index (χ1n) is 8.04. The number of allylic oxidation sites excluding steroid dienone is 1. The Morgan fingerprint density at radius 1 is 1.35 bits per heavy atom. The predicted molar refractivity (Wildman–Crippen MR) is 93.2 cm³/mol. The van der Waals surface area contributed by atoms with Crippen LogP contribution in [0.2, 0.25) is 0 Å². The molecule has 0 aliphatic heterocycles. The number of aryl methyl sites for hydroxylation is 1. The molecule has 3 nitrogen and oxygen atoms in total. The number of ether oxygens (including phenoxy) is 1. The second kappa shape index (κ2) is 10.9. The summed E-state index contributed by atoms with van der Waals surface area (Å²) < 4.78 is 5.07. The average Bonchev–Trinajstić information content (AvgIpc) is 2.58. The van der Waals surface area contributed by atoms with E-state index in [0.717, 1.165) is 19.3 Å². The van der Waals surface area contributed by atoms with Crippen LogP contribution in [0.4, 0.5) is 0 Å². The van der Waals surface area contributed by atoms with Gasteiger partial charge in [-0.1, -0.05) is 42.5 Å². The smallest absolute Gasteiger partial charge is 0.330 e. The van der Waals surface area contributed by atoms with E-state index in [1.165, 1.54) is 5.56 Å². The lowest BCUT2D eigenvalue weighted by Crippen LogP contribution is -2.30. The van der Waals surface area contributed by atoms with Gasteiger partial charge in [0.25, 0.3) is 0 Å². The monoisotopic (exact) mass is 333 g/mol. The van der Waals surface area contributed by atoms with Gasteiger partial charge in [-0.15, -0.1) is 11.6 Å². The minimum absolute atomic E-state index is 0.269. The zero-order valence-electron chi connectivity index (χ0n) is 13.6. The molecule has 1 aromatic rings. The number of nitriles is 1. The summed E-state index contributed by atoms with van der Waals surface area (Å²) >= 11 is 5.71. The van der Waals surface area contributed by atoms with Gasteiger partial charge in [-0.05, 0) is 44.6 Å². The Labute approximate surface area is 143 Å². The van der Waals surface area contributed by atoms with Crippen molar-refractivity contribution in [2.24, 2.45) is 5.41 Å². The second-order valence-corrected chi connectivity index (χ2v) is 5.75. The van der Waals surface area contributed by atoms with E-state index in [-0.39, 0.29) is 6.61 Å². The molecule has 0 radical (unpaired) electrons. The largest absolute Gasteiger partial charge is 0.465 e. The first kappa shape index (κ1) is 19.3. The van der Waals surface area contributed by atoms with Gasteiger partial charge in [-0.3, -0.25) is 0 Å². The van der Waals surface area contributed by atoms with Crippen LogP contribution in [0.15, 0.2) is 42.5 Å².